The lowest BCUT2D eigenvalue weighted by Crippen LogP contribution is -2.23. The number of carbonyl (C=O) groups is 1. The Labute approximate surface area is 211 Å². The fourth-order valence-corrected chi connectivity index (χ4v) is 5.76. The molecule has 186 valence electrons. The van der Waals surface area contributed by atoms with Crippen molar-refractivity contribution in [3.8, 4) is 22.4 Å². The Morgan fingerprint density at radius 2 is 1.77 bits per heavy atom. The number of carboxylic acids is 1. The molecule has 2 N–H and O–H groups in total. The average Bonchev–Trinajstić information content (AvgIpc) is 3.22. The minimum absolute atomic E-state index is 0.116. The molecule has 7 heteroatoms. The second kappa shape index (κ2) is 12.4. The predicted molar refractivity (Wildman–Crippen MR) is 140 cm³/mol. The van der Waals surface area contributed by atoms with E-state index >= 15 is 0 Å². The zero-order chi connectivity index (χ0) is 24.6. The van der Waals surface area contributed by atoms with Crippen LogP contribution in [0, 0.1) is 18.8 Å². The Morgan fingerprint density at radius 3 is 2.46 bits per heavy atom. The first-order chi connectivity index (χ1) is 17.0. The summed E-state index contributed by atoms with van der Waals surface area (Å²) in [7, 11) is 0. The number of hydrogen-bond acceptors (Lipinski definition) is 5. The first-order valence-corrected chi connectivity index (χ1v) is 13.3. The van der Waals surface area contributed by atoms with Crippen LogP contribution in [-0.4, -0.2) is 51.5 Å². The molecule has 0 amide bonds. The molecule has 0 aliphatic heterocycles. The molecule has 2 aromatic carbocycles. The van der Waals surface area contributed by atoms with E-state index < -0.39 is 5.97 Å². The maximum absolute atomic E-state index is 10.7. The molecule has 0 unspecified atom stereocenters. The SMILES string of the molecule is Cc1cccc(-c2c(-c3ccccc3)nn(CC3CCC(COCC(=O)O)CC3)c2SCCO)c1. The van der Waals surface area contributed by atoms with Crippen molar-refractivity contribution in [3.05, 3.63) is 60.2 Å². The molecular weight excluding hydrogens is 460 g/mol. The summed E-state index contributed by atoms with van der Waals surface area (Å²) in [5, 5.41) is 24.6. The van der Waals surface area contributed by atoms with Crippen molar-refractivity contribution in [2.24, 2.45) is 11.8 Å². The summed E-state index contributed by atoms with van der Waals surface area (Å²) in [6, 6.07) is 18.9. The van der Waals surface area contributed by atoms with Gasteiger partial charge in [-0.05, 0) is 50.0 Å². The van der Waals surface area contributed by atoms with Crippen molar-refractivity contribution in [1.29, 1.82) is 0 Å². The lowest BCUT2D eigenvalue weighted by molar-refractivity contribution is -0.142. The molecule has 3 aromatic rings. The largest absolute Gasteiger partial charge is 0.480 e. The molecule has 1 fully saturated rings. The Morgan fingerprint density at radius 1 is 1.06 bits per heavy atom. The predicted octanol–water partition coefficient (Wildman–Crippen LogP) is 5.52. The number of rotatable bonds is 11. The van der Waals surface area contributed by atoms with Gasteiger partial charge in [-0.1, -0.05) is 60.2 Å². The van der Waals surface area contributed by atoms with Crippen molar-refractivity contribution < 1.29 is 19.7 Å². The summed E-state index contributed by atoms with van der Waals surface area (Å²) in [5.41, 5.74) is 5.56. The quantitative estimate of drug-likeness (QED) is 0.342. The lowest BCUT2D eigenvalue weighted by atomic mass is 9.82. The highest BCUT2D eigenvalue weighted by Crippen LogP contribution is 2.41. The Hall–Kier alpha value is -2.61. The van der Waals surface area contributed by atoms with Crippen LogP contribution in [0.15, 0.2) is 59.6 Å². The summed E-state index contributed by atoms with van der Waals surface area (Å²) in [4.78, 5) is 10.7. The van der Waals surface area contributed by atoms with E-state index in [4.69, 9.17) is 14.9 Å². The van der Waals surface area contributed by atoms with Gasteiger partial charge in [0.2, 0.25) is 0 Å². The van der Waals surface area contributed by atoms with E-state index in [1.165, 1.54) is 5.56 Å². The third-order valence-electron chi connectivity index (χ3n) is 6.57. The van der Waals surface area contributed by atoms with Crippen LogP contribution in [0.3, 0.4) is 0 Å². The van der Waals surface area contributed by atoms with E-state index in [1.54, 1.807) is 11.8 Å². The number of aromatic nitrogens is 2. The van der Waals surface area contributed by atoms with Crippen molar-refractivity contribution >= 4 is 17.7 Å². The number of ether oxygens (including phenoxy) is 1. The minimum Gasteiger partial charge on any atom is -0.480 e. The van der Waals surface area contributed by atoms with E-state index in [9.17, 15) is 9.90 Å². The summed E-state index contributed by atoms with van der Waals surface area (Å²) in [5.74, 6) is 0.637. The molecule has 1 aromatic heterocycles. The molecule has 1 aliphatic carbocycles. The molecule has 6 nitrogen and oxygen atoms in total. The van der Waals surface area contributed by atoms with Gasteiger partial charge in [0.05, 0.1) is 13.2 Å². The van der Waals surface area contributed by atoms with Crippen LogP contribution >= 0.6 is 11.8 Å². The Bertz CT molecular complexity index is 1110. The van der Waals surface area contributed by atoms with Crippen molar-refractivity contribution in [3.63, 3.8) is 0 Å². The van der Waals surface area contributed by atoms with Gasteiger partial charge >= 0.3 is 5.97 Å². The van der Waals surface area contributed by atoms with Crippen LogP contribution in [0.2, 0.25) is 0 Å². The van der Waals surface area contributed by atoms with Gasteiger partial charge in [-0.3, -0.25) is 4.68 Å². The molecule has 0 atom stereocenters. The second-order valence-corrected chi connectivity index (χ2v) is 10.4. The minimum atomic E-state index is -0.913. The van der Waals surface area contributed by atoms with Crippen LogP contribution < -0.4 is 0 Å². The van der Waals surface area contributed by atoms with Gasteiger partial charge in [0, 0.05) is 23.4 Å². The zero-order valence-corrected chi connectivity index (χ0v) is 21.0. The van der Waals surface area contributed by atoms with Gasteiger partial charge in [-0.2, -0.15) is 5.10 Å². The second-order valence-electron chi connectivity index (χ2n) is 9.31. The topological polar surface area (TPSA) is 84.6 Å². The highest BCUT2D eigenvalue weighted by molar-refractivity contribution is 7.99. The number of aliphatic hydroxyl groups excluding tert-OH is 1. The highest BCUT2D eigenvalue weighted by Gasteiger charge is 2.26. The number of hydrogen-bond donors (Lipinski definition) is 2. The number of carboxylic acid groups (broad SMARTS) is 1. The number of aryl methyl sites for hydroxylation is 1. The van der Waals surface area contributed by atoms with Gasteiger partial charge in [-0.25, -0.2) is 4.79 Å². The maximum atomic E-state index is 10.7. The van der Waals surface area contributed by atoms with E-state index in [-0.39, 0.29) is 13.2 Å². The van der Waals surface area contributed by atoms with Crippen LogP contribution in [0.5, 0.6) is 0 Å². The number of aliphatic hydroxyl groups is 1. The number of aliphatic carboxylic acids is 1. The Kier molecular flexibility index (Phi) is 9.01. The normalized spacial score (nSPS) is 18.0. The molecule has 0 saturated heterocycles. The van der Waals surface area contributed by atoms with Gasteiger partial charge < -0.3 is 14.9 Å². The van der Waals surface area contributed by atoms with E-state index in [1.807, 2.05) is 18.2 Å². The van der Waals surface area contributed by atoms with Crippen molar-refractivity contribution in [2.75, 3.05) is 25.6 Å². The molecule has 0 radical (unpaired) electrons. The highest BCUT2D eigenvalue weighted by atomic mass is 32.2. The summed E-state index contributed by atoms with van der Waals surface area (Å²) in [6.45, 7) is 3.36. The smallest absolute Gasteiger partial charge is 0.329 e. The van der Waals surface area contributed by atoms with Gasteiger partial charge in [-0.15, -0.1) is 11.8 Å². The van der Waals surface area contributed by atoms with Crippen LogP contribution in [-0.2, 0) is 16.1 Å². The lowest BCUT2D eigenvalue weighted by Gasteiger charge is -2.28. The fraction of sp³-hybridized carbons (Fsp3) is 0.429. The van der Waals surface area contributed by atoms with Crippen LogP contribution in [0.25, 0.3) is 22.4 Å². The van der Waals surface area contributed by atoms with Gasteiger partial charge in [0.25, 0.3) is 0 Å². The molecule has 1 heterocycles. The molecule has 0 spiro atoms. The van der Waals surface area contributed by atoms with Gasteiger partial charge in [0.15, 0.2) is 0 Å². The van der Waals surface area contributed by atoms with Gasteiger partial charge in [0.1, 0.15) is 17.3 Å². The zero-order valence-electron chi connectivity index (χ0n) is 20.2. The fourth-order valence-electron chi connectivity index (χ4n) is 4.86. The van der Waals surface area contributed by atoms with Crippen LogP contribution in [0.1, 0.15) is 31.2 Å². The molecule has 0 bridgehead atoms. The van der Waals surface area contributed by atoms with E-state index in [0.29, 0.717) is 24.2 Å². The Balaban J connectivity index is 1.60. The molecule has 35 heavy (non-hydrogen) atoms. The average molecular weight is 495 g/mol. The number of nitrogens with zero attached hydrogens (tertiary/aromatic N) is 2. The molecule has 4 rings (SSSR count). The summed E-state index contributed by atoms with van der Waals surface area (Å²) >= 11 is 1.67. The molecule has 1 aliphatic rings. The third-order valence-corrected chi connectivity index (χ3v) is 7.64. The molecule has 1 saturated carbocycles. The van der Waals surface area contributed by atoms with E-state index in [0.717, 1.165) is 59.6 Å². The first kappa shape index (κ1) is 25.5. The summed E-state index contributed by atoms with van der Waals surface area (Å²) < 4.78 is 7.49. The van der Waals surface area contributed by atoms with E-state index in [2.05, 4.69) is 48.0 Å². The standard InChI is InChI=1S/C28H34N2O4S/c1-20-6-5-9-24(16-20)26-27(23-7-3-2-4-8-23)29-30(28(26)35-15-14-31)17-21-10-12-22(13-11-21)18-34-19-25(32)33/h2-9,16,21-22,31H,10-15,17-19H2,1H3,(H,32,33). The summed E-state index contributed by atoms with van der Waals surface area (Å²) in [6.07, 6.45) is 4.24. The molecular formula is C28H34N2O4S. The van der Waals surface area contributed by atoms with Crippen LogP contribution in [0.4, 0.5) is 0 Å². The number of benzene rings is 2. The maximum Gasteiger partial charge on any atom is 0.329 e. The number of thioether (sulfide) groups is 1. The monoisotopic (exact) mass is 494 g/mol. The van der Waals surface area contributed by atoms with Crippen molar-refractivity contribution in [1.82, 2.24) is 9.78 Å². The first-order valence-electron chi connectivity index (χ1n) is 12.3. The van der Waals surface area contributed by atoms with Crippen molar-refractivity contribution in [2.45, 2.75) is 44.2 Å². The third kappa shape index (κ3) is 6.75.